The number of benzene rings is 3. The number of nitrogens with one attached hydrogen (secondary N) is 2. The zero-order chi connectivity index (χ0) is 20.1. The molecule has 1 aliphatic rings. The Labute approximate surface area is 175 Å². The van der Waals surface area contributed by atoms with Crippen molar-refractivity contribution in [2.45, 2.75) is 23.8 Å². The zero-order valence-corrected chi connectivity index (χ0v) is 16.9. The number of aliphatic carboxylic acids is 1. The smallest absolute Gasteiger partial charge is 0.308 e. The van der Waals surface area contributed by atoms with E-state index >= 15 is 0 Å². The van der Waals surface area contributed by atoms with Gasteiger partial charge in [0.25, 0.3) is 0 Å². The summed E-state index contributed by atoms with van der Waals surface area (Å²) in [6.45, 7) is 0. The number of carboxylic acid groups (broad SMARTS) is 1. The lowest BCUT2D eigenvalue weighted by Gasteiger charge is -2.29. The molecule has 3 aromatic rings. The highest BCUT2D eigenvalue weighted by atomic mass is 32.2. The van der Waals surface area contributed by atoms with Gasteiger partial charge in [-0.05, 0) is 35.4 Å². The minimum Gasteiger partial charge on any atom is -0.481 e. The summed E-state index contributed by atoms with van der Waals surface area (Å²) in [5, 5.41) is 16.3. The number of carboxylic acids is 1. The highest BCUT2D eigenvalue weighted by molar-refractivity contribution is 8.00. The molecule has 5 heteroatoms. The molecule has 0 spiro atoms. The lowest BCUT2D eigenvalue weighted by atomic mass is 9.89. The number of rotatable bonds is 8. The molecule has 4 rings (SSSR count). The number of thioether (sulfide) groups is 1. The van der Waals surface area contributed by atoms with Crippen LogP contribution in [0.15, 0.2) is 84.9 Å². The molecule has 0 fully saturated rings. The second-order valence-electron chi connectivity index (χ2n) is 7.20. The van der Waals surface area contributed by atoms with Gasteiger partial charge in [0.1, 0.15) is 0 Å². The fraction of sp³-hybridized carbons (Fsp3) is 0.208. The third kappa shape index (κ3) is 4.57. The van der Waals surface area contributed by atoms with Gasteiger partial charge in [-0.25, -0.2) is 0 Å². The third-order valence-electron chi connectivity index (χ3n) is 5.16. The van der Waals surface area contributed by atoms with E-state index in [2.05, 4.69) is 59.2 Å². The van der Waals surface area contributed by atoms with E-state index in [0.29, 0.717) is 0 Å². The summed E-state index contributed by atoms with van der Waals surface area (Å²) < 4.78 is 0. The van der Waals surface area contributed by atoms with Gasteiger partial charge in [0.15, 0.2) is 4.99 Å². The van der Waals surface area contributed by atoms with Gasteiger partial charge in [-0.15, -0.1) is 11.8 Å². The van der Waals surface area contributed by atoms with E-state index in [1.807, 2.05) is 36.4 Å². The van der Waals surface area contributed by atoms with Gasteiger partial charge in [0, 0.05) is 5.92 Å². The molecule has 29 heavy (non-hydrogen) atoms. The summed E-state index contributed by atoms with van der Waals surface area (Å²) in [6.07, 6.45) is 0.910. The van der Waals surface area contributed by atoms with Crippen LogP contribution in [-0.4, -0.2) is 21.8 Å². The van der Waals surface area contributed by atoms with Crippen molar-refractivity contribution in [3.05, 3.63) is 96.1 Å². The molecule has 0 amide bonds. The Kier molecular flexibility index (Phi) is 5.76. The van der Waals surface area contributed by atoms with Gasteiger partial charge >= 0.3 is 5.97 Å². The molecule has 0 bridgehead atoms. The Hall–Kier alpha value is -2.92. The summed E-state index contributed by atoms with van der Waals surface area (Å²) >= 11 is 1.63. The van der Waals surface area contributed by atoms with E-state index < -0.39 is 11.0 Å². The molecule has 1 heterocycles. The molecular formula is C24H24N2O2S. The maximum absolute atomic E-state index is 11.6. The molecule has 0 unspecified atom stereocenters. The molecule has 1 aliphatic heterocycles. The predicted octanol–water partition coefficient (Wildman–Crippen LogP) is 5.61. The molecule has 3 aromatic carbocycles. The number of para-hydroxylation sites is 2. The van der Waals surface area contributed by atoms with E-state index in [0.717, 1.165) is 23.5 Å². The average Bonchev–Trinajstić information content (AvgIpc) is 3.10. The van der Waals surface area contributed by atoms with Gasteiger partial charge in [-0.3, -0.25) is 4.79 Å². The molecule has 0 aromatic heterocycles. The molecule has 0 aliphatic carbocycles. The first-order chi connectivity index (χ1) is 14.2. The first-order valence-corrected chi connectivity index (χ1v) is 10.7. The van der Waals surface area contributed by atoms with Gasteiger partial charge < -0.3 is 15.7 Å². The van der Waals surface area contributed by atoms with Crippen LogP contribution in [0.5, 0.6) is 0 Å². The summed E-state index contributed by atoms with van der Waals surface area (Å²) in [5.74, 6) is 0.263. The maximum atomic E-state index is 11.6. The molecule has 0 saturated heterocycles. The minimum atomic E-state index is -0.826. The summed E-state index contributed by atoms with van der Waals surface area (Å²) in [5.41, 5.74) is 4.46. The van der Waals surface area contributed by atoms with Gasteiger partial charge in [0.05, 0.1) is 17.8 Å². The normalized spacial score (nSPS) is 14.1. The van der Waals surface area contributed by atoms with Crippen molar-refractivity contribution in [3.63, 3.8) is 0 Å². The van der Waals surface area contributed by atoms with Gasteiger partial charge in [0.2, 0.25) is 0 Å². The fourth-order valence-corrected chi connectivity index (χ4v) is 5.13. The van der Waals surface area contributed by atoms with Crippen LogP contribution in [0.3, 0.4) is 0 Å². The Morgan fingerprint density at radius 3 is 1.79 bits per heavy atom. The van der Waals surface area contributed by atoms with E-state index in [-0.39, 0.29) is 12.3 Å². The standard InChI is InChI=1S/C24H24N2O2S/c27-23(28)17-24(25-21-13-7-8-14-22(21)26-24)29-16-15-20(18-9-3-1-4-10-18)19-11-5-2-6-12-19/h1-14,20,25-26H,15-17H2,(H,27,28). The third-order valence-corrected chi connectivity index (χ3v) is 6.44. The van der Waals surface area contributed by atoms with Crippen LogP contribution >= 0.6 is 11.8 Å². The van der Waals surface area contributed by atoms with Crippen LogP contribution in [0, 0.1) is 0 Å². The van der Waals surface area contributed by atoms with Crippen LogP contribution in [0.25, 0.3) is 0 Å². The molecular weight excluding hydrogens is 380 g/mol. The lowest BCUT2D eigenvalue weighted by molar-refractivity contribution is -0.137. The van der Waals surface area contributed by atoms with E-state index in [1.165, 1.54) is 11.1 Å². The highest BCUT2D eigenvalue weighted by Gasteiger charge is 2.39. The second kappa shape index (κ2) is 8.62. The SMILES string of the molecule is O=C(O)CC1(SCCC(c2ccccc2)c2ccccc2)Nc2ccccc2N1. The first kappa shape index (κ1) is 19.4. The Balaban J connectivity index is 1.50. The van der Waals surface area contributed by atoms with Crippen LogP contribution in [0.1, 0.15) is 29.9 Å². The average molecular weight is 405 g/mol. The number of hydrogen-bond acceptors (Lipinski definition) is 4. The fourth-order valence-electron chi connectivity index (χ4n) is 3.84. The molecule has 0 saturated carbocycles. The van der Waals surface area contributed by atoms with Crippen molar-refractivity contribution < 1.29 is 9.90 Å². The number of fused-ring (bicyclic) bond motifs is 1. The van der Waals surface area contributed by atoms with E-state index in [4.69, 9.17) is 0 Å². The molecule has 0 radical (unpaired) electrons. The highest BCUT2D eigenvalue weighted by Crippen LogP contribution is 2.42. The molecule has 3 N–H and O–H groups in total. The Morgan fingerprint density at radius 1 is 0.828 bits per heavy atom. The second-order valence-corrected chi connectivity index (χ2v) is 8.60. The Bertz CT molecular complexity index is 898. The largest absolute Gasteiger partial charge is 0.481 e. The van der Waals surface area contributed by atoms with Crippen LogP contribution in [0.2, 0.25) is 0 Å². The van der Waals surface area contributed by atoms with Crippen LogP contribution in [0.4, 0.5) is 11.4 Å². The van der Waals surface area contributed by atoms with Crippen molar-refractivity contribution >= 4 is 29.1 Å². The van der Waals surface area contributed by atoms with E-state index in [9.17, 15) is 9.90 Å². The quantitative estimate of drug-likeness (QED) is 0.456. The minimum absolute atomic E-state index is 0.00626. The lowest BCUT2D eigenvalue weighted by Crippen LogP contribution is -2.41. The van der Waals surface area contributed by atoms with E-state index in [1.54, 1.807) is 11.8 Å². The maximum Gasteiger partial charge on any atom is 0.308 e. The molecule has 4 nitrogen and oxygen atoms in total. The summed E-state index contributed by atoms with van der Waals surface area (Å²) in [6, 6.07) is 28.9. The van der Waals surface area contributed by atoms with Crippen molar-refractivity contribution in [3.8, 4) is 0 Å². The number of anilines is 2. The van der Waals surface area contributed by atoms with Crippen LogP contribution < -0.4 is 10.6 Å². The first-order valence-electron chi connectivity index (χ1n) is 9.76. The number of hydrogen-bond donors (Lipinski definition) is 3. The van der Waals surface area contributed by atoms with Crippen molar-refractivity contribution in [2.24, 2.45) is 0 Å². The van der Waals surface area contributed by atoms with Crippen LogP contribution in [-0.2, 0) is 4.79 Å². The summed E-state index contributed by atoms with van der Waals surface area (Å²) in [7, 11) is 0. The monoisotopic (exact) mass is 404 g/mol. The van der Waals surface area contributed by atoms with Crippen molar-refractivity contribution in [2.75, 3.05) is 16.4 Å². The Morgan fingerprint density at radius 2 is 1.31 bits per heavy atom. The number of carbonyl (C=O) groups is 1. The van der Waals surface area contributed by atoms with Crippen molar-refractivity contribution in [1.29, 1.82) is 0 Å². The van der Waals surface area contributed by atoms with Gasteiger partial charge in [-0.2, -0.15) is 0 Å². The zero-order valence-electron chi connectivity index (χ0n) is 16.0. The molecule has 0 atom stereocenters. The van der Waals surface area contributed by atoms with Crippen molar-refractivity contribution in [1.82, 2.24) is 0 Å². The summed E-state index contributed by atoms with van der Waals surface area (Å²) in [4.78, 5) is 10.8. The molecule has 148 valence electrons. The topological polar surface area (TPSA) is 61.4 Å². The van der Waals surface area contributed by atoms with Gasteiger partial charge in [-0.1, -0.05) is 72.8 Å². The predicted molar refractivity (Wildman–Crippen MR) is 120 cm³/mol.